The molecule has 0 saturated carbocycles. The van der Waals surface area contributed by atoms with Crippen molar-refractivity contribution in [1.29, 1.82) is 0 Å². The summed E-state index contributed by atoms with van der Waals surface area (Å²) in [6.07, 6.45) is 0.131. The summed E-state index contributed by atoms with van der Waals surface area (Å²) in [5, 5.41) is 0. The summed E-state index contributed by atoms with van der Waals surface area (Å²) >= 11 is 3.30. The number of hydrogen-bond acceptors (Lipinski definition) is 4. The van der Waals surface area contributed by atoms with Crippen molar-refractivity contribution in [3.63, 3.8) is 0 Å². The number of esters is 1. The maximum atomic E-state index is 11.9. The second-order valence-corrected chi connectivity index (χ2v) is 5.14. The van der Waals surface area contributed by atoms with Crippen LogP contribution in [0.15, 0.2) is 16.6 Å². The Morgan fingerprint density at radius 1 is 1.39 bits per heavy atom. The van der Waals surface area contributed by atoms with Crippen LogP contribution in [0.2, 0.25) is 0 Å². The van der Waals surface area contributed by atoms with E-state index in [-0.39, 0.29) is 18.7 Å². The normalized spacial score (nSPS) is 10.7. The second-order valence-electron chi connectivity index (χ2n) is 4.22. The summed E-state index contributed by atoms with van der Waals surface area (Å²) in [5.41, 5.74) is 7.56. The van der Waals surface area contributed by atoms with Crippen molar-refractivity contribution < 1.29 is 14.3 Å². The number of nitrogens with two attached hydrogens (primary N) is 1. The number of carbonyl (C=O) groups excluding carboxylic acids is 1. The van der Waals surface area contributed by atoms with Crippen LogP contribution in [0.5, 0.6) is 0 Å². The Morgan fingerprint density at radius 2 is 2.06 bits per heavy atom. The molecule has 0 radical (unpaired) electrons. The van der Waals surface area contributed by atoms with Crippen LogP contribution in [0.3, 0.4) is 0 Å². The van der Waals surface area contributed by atoms with E-state index in [2.05, 4.69) is 15.9 Å². The summed E-state index contributed by atoms with van der Waals surface area (Å²) in [4.78, 5) is 11.9. The van der Waals surface area contributed by atoms with E-state index in [9.17, 15) is 4.79 Å². The zero-order valence-electron chi connectivity index (χ0n) is 10.8. The number of halogens is 1. The summed E-state index contributed by atoms with van der Waals surface area (Å²) in [6, 6.07) is 3.46. The predicted molar refractivity (Wildman–Crippen MR) is 74.7 cm³/mol. The number of benzene rings is 1. The maximum Gasteiger partial charge on any atom is 0.338 e. The third-order valence-electron chi connectivity index (χ3n) is 2.40. The molecule has 0 aromatic heterocycles. The van der Waals surface area contributed by atoms with E-state index in [1.165, 1.54) is 0 Å². The highest BCUT2D eigenvalue weighted by molar-refractivity contribution is 9.10. The highest BCUT2D eigenvalue weighted by Gasteiger charge is 2.13. The lowest BCUT2D eigenvalue weighted by Gasteiger charge is -2.11. The Labute approximate surface area is 116 Å². The molecule has 5 heteroatoms. The summed E-state index contributed by atoms with van der Waals surface area (Å²) < 4.78 is 11.2. The van der Waals surface area contributed by atoms with E-state index < -0.39 is 0 Å². The topological polar surface area (TPSA) is 61.6 Å². The van der Waals surface area contributed by atoms with Crippen molar-refractivity contribution in [2.45, 2.75) is 26.9 Å². The van der Waals surface area contributed by atoms with Crippen molar-refractivity contribution in [1.82, 2.24) is 0 Å². The monoisotopic (exact) mass is 315 g/mol. The molecule has 0 aliphatic rings. The predicted octanol–water partition coefficient (Wildman–Crippen LogP) is 2.92. The molecular weight excluding hydrogens is 298 g/mol. The molecule has 0 aliphatic heterocycles. The summed E-state index contributed by atoms with van der Waals surface area (Å²) in [7, 11) is 0. The second kappa shape index (κ2) is 6.75. The van der Waals surface area contributed by atoms with Crippen molar-refractivity contribution in [2.75, 3.05) is 18.9 Å². The number of anilines is 1. The molecule has 1 rings (SSSR count). The van der Waals surface area contributed by atoms with Crippen molar-refractivity contribution in [3.05, 3.63) is 27.7 Å². The number of hydrogen-bond donors (Lipinski definition) is 1. The van der Waals surface area contributed by atoms with Gasteiger partial charge in [0, 0.05) is 10.2 Å². The van der Waals surface area contributed by atoms with Gasteiger partial charge in [-0.1, -0.05) is 15.9 Å². The average Bonchev–Trinajstić information content (AvgIpc) is 2.28. The molecule has 0 unspecified atom stereocenters. The molecule has 4 nitrogen and oxygen atoms in total. The molecule has 0 amide bonds. The zero-order chi connectivity index (χ0) is 13.7. The average molecular weight is 316 g/mol. The highest BCUT2D eigenvalue weighted by atomic mass is 79.9. The third kappa shape index (κ3) is 4.31. The zero-order valence-corrected chi connectivity index (χ0v) is 12.4. The fourth-order valence-corrected chi connectivity index (χ4v) is 1.88. The van der Waals surface area contributed by atoms with E-state index in [1.807, 2.05) is 13.8 Å². The minimum Gasteiger partial charge on any atom is -0.460 e. The first-order valence-electron chi connectivity index (χ1n) is 5.76. The van der Waals surface area contributed by atoms with Gasteiger partial charge in [0.05, 0.1) is 18.3 Å². The molecule has 0 atom stereocenters. The first-order chi connectivity index (χ1) is 8.41. The van der Waals surface area contributed by atoms with Gasteiger partial charge < -0.3 is 15.2 Å². The minimum atomic E-state index is -0.382. The number of rotatable bonds is 5. The molecule has 1 aromatic rings. The molecule has 0 spiro atoms. The van der Waals surface area contributed by atoms with E-state index in [0.717, 1.165) is 10.0 Å². The Hall–Kier alpha value is -1.07. The van der Waals surface area contributed by atoms with Crippen LogP contribution in [0.4, 0.5) is 5.69 Å². The molecular formula is C13H18BrNO3. The number of carbonyl (C=O) groups is 1. The van der Waals surface area contributed by atoms with Crippen molar-refractivity contribution >= 4 is 27.6 Å². The minimum absolute atomic E-state index is 0.131. The van der Waals surface area contributed by atoms with Gasteiger partial charge in [-0.25, -0.2) is 4.79 Å². The first-order valence-corrected chi connectivity index (χ1v) is 6.55. The lowest BCUT2D eigenvalue weighted by Crippen LogP contribution is -2.14. The van der Waals surface area contributed by atoms with Crippen LogP contribution in [-0.4, -0.2) is 25.3 Å². The van der Waals surface area contributed by atoms with Crippen LogP contribution in [0.25, 0.3) is 0 Å². The fourth-order valence-electron chi connectivity index (χ4n) is 1.41. The molecule has 0 fully saturated rings. The summed E-state index contributed by atoms with van der Waals surface area (Å²) in [6.45, 7) is 6.29. The van der Waals surface area contributed by atoms with E-state index in [0.29, 0.717) is 17.9 Å². The van der Waals surface area contributed by atoms with Gasteiger partial charge in [-0.05, 0) is 38.5 Å². The van der Waals surface area contributed by atoms with Gasteiger partial charge in [0.2, 0.25) is 0 Å². The lowest BCUT2D eigenvalue weighted by molar-refractivity contribution is 0.0176. The Bertz CT molecular complexity index is 432. The molecule has 0 aliphatic carbocycles. The molecule has 1 aromatic carbocycles. The van der Waals surface area contributed by atoms with Crippen LogP contribution >= 0.6 is 15.9 Å². The van der Waals surface area contributed by atoms with Crippen LogP contribution in [-0.2, 0) is 9.47 Å². The van der Waals surface area contributed by atoms with Gasteiger partial charge >= 0.3 is 5.97 Å². The van der Waals surface area contributed by atoms with Gasteiger partial charge in [0.25, 0.3) is 0 Å². The van der Waals surface area contributed by atoms with E-state index in [4.69, 9.17) is 15.2 Å². The highest BCUT2D eigenvalue weighted by Crippen LogP contribution is 2.23. The molecule has 100 valence electrons. The Balaban J connectivity index is 2.62. The van der Waals surface area contributed by atoms with Gasteiger partial charge in [-0.2, -0.15) is 0 Å². The van der Waals surface area contributed by atoms with Crippen LogP contribution < -0.4 is 5.73 Å². The van der Waals surface area contributed by atoms with E-state index >= 15 is 0 Å². The standard InChI is InChI=1S/C13H18BrNO3/c1-8(2)17-4-5-18-13(16)11-6-10(14)7-12(15)9(11)3/h6-8H,4-5,15H2,1-3H3. The summed E-state index contributed by atoms with van der Waals surface area (Å²) in [5.74, 6) is -0.382. The van der Waals surface area contributed by atoms with Gasteiger partial charge in [-0.15, -0.1) is 0 Å². The largest absolute Gasteiger partial charge is 0.460 e. The Kier molecular flexibility index (Phi) is 5.62. The molecule has 0 saturated heterocycles. The van der Waals surface area contributed by atoms with Gasteiger partial charge in [0.1, 0.15) is 6.61 Å². The quantitative estimate of drug-likeness (QED) is 0.515. The third-order valence-corrected chi connectivity index (χ3v) is 2.86. The molecule has 0 bridgehead atoms. The molecule has 18 heavy (non-hydrogen) atoms. The number of nitrogen functional groups attached to an aromatic ring is 1. The van der Waals surface area contributed by atoms with Gasteiger partial charge in [0.15, 0.2) is 0 Å². The van der Waals surface area contributed by atoms with E-state index in [1.54, 1.807) is 19.1 Å². The number of ether oxygens (including phenoxy) is 2. The van der Waals surface area contributed by atoms with Crippen LogP contribution in [0, 0.1) is 6.92 Å². The smallest absolute Gasteiger partial charge is 0.338 e. The SMILES string of the molecule is Cc1c(N)cc(Br)cc1C(=O)OCCOC(C)C. The lowest BCUT2D eigenvalue weighted by atomic mass is 10.1. The van der Waals surface area contributed by atoms with Gasteiger partial charge in [-0.3, -0.25) is 0 Å². The Morgan fingerprint density at radius 3 is 2.67 bits per heavy atom. The molecule has 2 N–H and O–H groups in total. The van der Waals surface area contributed by atoms with Crippen molar-refractivity contribution in [2.24, 2.45) is 0 Å². The molecule has 0 heterocycles. The fraction of sp³-hybridized carbons (Fsp3) is 0.462. The van der Waals surface area contributed by atoms with Crippen molar-refractivity contribution in [3.8, 4) is 0 Å². The first kappa shape index (κ1) is 15.0. The van der Waals surface area contributed by atoms with Crippen LogP contribution in [0.1, 0.15) is 29.8 Å². The maximum absolute atomic E-state index is 11.9.